The van der Waals surface area contributed by atoms with Crippen LogP contribution >= 0.6 is 0 Å². The van der Waals surface area contributed by atoms with Gasteiger partial charge in [-0.25, -0.2) is 0 Å². The number of ether oxygens (including phenoxy) is 3. The molecule has 0 N–H and O–H groups in total. The Balaban J connectivity index is 1.35. The van der Waals surface area contributed by atoms with Crippen molar-refractivity contribution < 1.29 is 19.0 Å². The number of methoxy groups -OCH3 is 1. The van der Waals surface area contributed by atoms with Crippen LogP contribution in [-0.4, -0.2) is 19.7 Å². The van der Waals surface area contributed by atoms with Crippen molar-refractivity contribution in [2.45, 2.75) is 44.6 Å². The average molecular weight is 429 g/mol. The van der Waals surface area contributed by atoms with E-state index in [-0.39, 0.29) is 18.0 Å². The van der Waals surface area contributed by atoms with Crippen molar-refractivity contribution in [3.05, 3.63) is 94.0 Å². The Bertz CT molecular complexity index is 1140. The molecule has 0 spiro atoms. The van der Waals surface area contributed by atoms with E-state index in [0.29, 0.717) is 13.0 Å². The zero-order valence-corrected chi connectivity index (χ0v) is 18.6. The molecule has 2 atom stereocenters. The maximum Gasteiger partial charge on any atom is 0.306 e. The van der Waals surface area contributed by atoms with Crippen LogP contribution in [0.1, 0.15) is 58.2 Å². The predicted octanol–water partition coefficient (Wildman–Crippen LogP) is 5.69. The SMILES string of the molecule is COC(=O)CC1COc2cc(OC3CCc4c3ccc(C)c4Cc3ccccc3)ccc21. The van der Waals surface area contributed by atoms with Crippen molar-refractivity contribution in [2.75, 3.05) is 13.7 Å². The Labute approximate surface area is 189 Å². The smallest absolute Gasteiger partial charge is 0.306 e. The lowest BCUT2D eigenvalue weighted by atomic mass is 9.93. The van der Waals surface area contributed by atoms with Crippen LogP contribution in [0.15, 0.2) is 60.7 Å². The summed E-state index contributed by atoms with van der Waals surface area (Å²) < 4.78 is 17.1. The molecule has 2 aliphatic rings. The van der Waals surface area contributed by atoms with Gasteiger partial charge in [0.1, 0.15) is 17.6 Å². The van der Waals surface area contributed by atoms with Gasteiger partial charge in [-0.3, -0.25) is 4.79 Å². The molecule has 0 saturated carbocycles. The van der Waals surface area contributed by atoms with Crippen LogP contribution < -0.4 is 9.47 Å². The molecule has 1 heterocycles. The highest BCUT2D eigenvalue weighted by atomic mass is 16.5. The van der Waals surface area contributed by atoms with Crippen molar-refractivity contribution in [2.24, 2.45) is 0 Å². The fourth-order valence-corrected chi connectivity index (χ4v) is 4.97. The molecule has 32 heavy (non-hydrogen) atoms. The fraction of sp³-hybridized carbons (Fsp3) is 0.321. The van der Waals surface area contributed by atoms with Crippen LogP contribution in [0.4, 0.5) is 0 Å². The number of aryl methyl sites for hydroxylation is 1. The summed E-state index contributed by atoms with van der Waals surface area (Å²) in [5.41, 5.74) is 7.90. The van der Waals surface area contributed by atoms with E-state index in [4.69, 9.17) is 14.2 Å². The van der Waals surface area contributed by atoms with Gasteiger partial charge in [0, 0.05) is 17.5 Å². The second-order valence-electron chi connectivity index (χ2n) is 8.72. The van der Waals surface area contributed by atoms with Gasteiger partial charge in [-0.2, -0.15) is 0 Å². The molecule has 4 heteroatoms. The average Bonchev–Trinajstić information content (AvgIpc) is 3.40. The van der Waals surface area contributed by atoms with Crippen LogP contribution in [0.2, 0.25) is 0 Å². The summed E-state index contributed by atoms with van der Waals surface area (Å²) in [4.78, 5) is 11.7. The molecule has 3 aromatic carbocycles. The number of carbonyl (C=O) groups is 1. The largest absolute Gasteiger partial charge is 0.492 e. The summed E-state index contributed by atoms with van der Waals surface area (Å²) >= 11 is 0. The first-order valence-electron chi connectivity index (χ1n) is 11.3. The number of fused-ring (bicyclic) bond motifs is 2. The standard InChI is InChI=1S/C28H28O4/c1-18-8-10-24-23(25(18)14-19-6-4-3-5-7-19)12-13-26(24)32-21-9-11-22-20(15-28(29)30-2)17-31-27(22)16-21/h3-11,16,20,26H,12-15,17H2,1-2H3. The molecule has 5 rings (SSSR count). The molecule has 3 aromatic rings. The van der Waals surface area contributed by atoms with E-state index in [0.717, 1.165) is 36.3 Å². The number of esters is 1. The minimum Gasteiger partial charge on any atom is -0.492 e. The highest BCUT2D eigenvalue weighted by molar-refractivity contribution is 5.71. The molecular formula is C28H28O4. The molecule has 0 radical (unpaired) electrons. The summed E-state index contributed by atoms with van der Waals surface area (Å²) in [6.45, 7) is 2.71. The van der Waals surface area contributed by atoms with Crippen molar-refractivity contribution in [1.82, 2.24) is 0 Å². The summed E-state index contributed by atoms with van der Waals surface area (Å²) in [6, 6.07) is 21.1. The molecule has 4 nitrogen and oxygen atoms in total. The Kier molecular flexibility index (Phi) is 5.60. The summed E-state index contributed by atoms with van der Waals surface area (Å²) in [7, 11) is 1.42. The predicted molar refractivity (Wildman–Crippen MR) is 123 cm³/mol. The van der Waals surface area contributed by atoms with Crippen molar-refractivity contribution in [3.63, 3.8) is 0 Å². The first kappa shape index (κ1) is 20.6. The molecule has 164 valence electrons. The van der Waals surface area contributed by atoms with Gasteiger partial charge in [-0.05, 0) is 60.1 Å². The molecule has 0 saturated heterocycles. The summed E-state index contributed by atoms with van der Waals surface area (Å²) in [5.74, 6) is 1.45. The van der Waals surface area contributed by atoms with Gasteiger partial charge in [0.15, 0.2) is 0 Å². The Morgan fingerprint density at radius 2 is 1.88 bits per heavy atom. The number of hydrogen-bond donors (Lipinski definition) is 0. The van der Waals surface area contributed by atoms with Crippen LogP contribution in [0, 0.1) is 6.92 Å². The van der Waals surface area contributed by atoms with E-state index >= 15 is 0 Å². The van der Waals surface area contributed by atoms with Gasteiger partial charge < -0.3 is 14.2 Å². The molecule has 0 amide bonds. The minimum atomic E-state index is -0.212. The zero-order chi connectivity index (χ0) is 22.1. The Hall–Kier alpha value is -3.27. The minimum absolute atomic E-state index is 0.0437. The summed E-state index contributed by atoms with van der Waals surface area (Å²) in [5, 5.41) is 0. The van der Waals surface area contributed by atoms with E-state index in [9.17, 15) is 4.79 Å². The second kappa shape index (κ2) is 8.70. The fourth-order valence-electron chi connectivity index (χ4n) is 4.97. The van der Waals surface area contributed by atoms with Gasteiger partial charge in [-0.15, -0.1) is 0 Å². The third-order valence-electron chi connectivity index (χ3n) is 6.71. The third kappa shape index (κ3) is 3.97. The number of benzene rings is 3. The highest BCUT2D eigenvalue weighted by Gasteiger charge is 2.30. The van der Waals surface area contributed by atoms with Gasteiger partial charge in [0.2, 0.25) is 0 Å². The zero-order valence-electron chi connectivity index (χ0n) is 18.6. The van der Waals surface area contributed by atoms with Crippen molar-refractivity contribution in [3.8, 4) is 11.5 Å². The highest BCUT2D eigenvalue weighted by Crippen LogP contribution is 2.42. The second-order valence-corrected chi connectivity index (χ2v) is 8.72. The quantitative estimate of drug-likeness (QED) is 0.473. The van der Waals surface area contributed by atoms with Crippen LogP contribution in [0.25, 0.3) is 0 Å². The lowest BCUT2D eigenvalue weighted by Gasteiger charge is -2.18. The van der Waals surface area contributed by atoms with E-state index in [1.165, 1.54) is 34.9 Å². The van der Waals surface area contributed by atoms with E-state index in [2.05, 4.69) is 49.4 Å². The van der Waals surface area contributed by atoms with Crippen molar-refractivity contribution in [1.29, 1.82) is 0 Å². The summed E-state index contributed by atoms with van der Waals surface area (Å²) in [6.07, 6.45) is 3.35. The van der Waals surface area contributed by atoms with Crippen LogP contribution in [-0.2, 0) is 22.4 Å². The van der Waals surface area contributed by atoms with Gasteiger partial charge in [0.05, 0.1) is 20.1 Å². The first-order chi connectivity index (χ1) is 15.6. The lowest BCUT2D eigenvalue weighted by molar-refractivity contribution is -0.141. The molecule has 1 aliphatic carbocycles. The molecule has 0 bridgehead atoms. The van der Waals surface area contributed by atoms with Gasteiger partial charge in [-0.1, -0.05) is 48.5 Å². The number of hydrogen-bond acceptors (Lipinski definition) is 4. The topological polar surface area (TPSA) is 44.8 Å². The number of rotatable bonds is 6. The first-order valence-corrected chi connectivity index (χ1v) is 11.3. The monoisotopic (exact) mass is 428 g/mol. The normalized spacial score (nSPS) is 18.6. The molecular weight excluding hydrogens is 400 g/mol. The molecule has 1 aliphatic heterocycles. The van der Waals surface area contributed by atoms with E-state index in [1.54, 1.807) is 0 Å². The third-order valence-corrected chi connectivity index (χ3v) is 6.71. The van der Waals surface area contributed by atoms with Crippen LogP contribution in [0.3, 0.4) is 0 Å². The number of carbonyl (C=O) groups excluding carboxylic acids is 1. The molecule has 2 unspecified atom stereocenters. The maximum atomic E-state index is 11.7. The van der Waals surface area contributed by atoms with Gasteiger partial charge >= 0.3 is 5.97 Å². The molecule has 0 aromatic heterocycles. The Morgan fingerprint density at radius 1 is 1.06 bits per heavy atom. The van der Waals surface area contributed by atoms with Crippen LogP contribution in [0.5, 0.6) is 11.5 Å². The Morgan fingerprint density at radius 3 is 2.69 bits per heavy atom. The van der Waals surface area contributed by atoms with Crippen molar-refractivity contribution >= 4 is 5.97 Å². The van der Waals surface area contributed by atoms with E-state index in [1.807, 2.05) is 18.2 Å². The lowest BCUT2D eigenvalue weighted by Crippen LogP contribution is -2.09. The maximum absolute atomic E-state index is 11.7. The van der Waals surface area contributed by atoms with E-state index < -0.39 is 0 Å². The molecule has 0 fully saturated rings. The van der Waals surface area contributed by atoms with Gasteiger partial charge in [0.25, 0.3) is 0 Å².